The molecule has 0 N–H and O–H groups in total. The second-order valence-corrected chi connectivity index (χ2v) is 4.71. The van der Waals surface area contributed by atoms with E-state index in [1.54, 1.807) is 16.4 Å². The maximum atomic E-state index is 11.8. The van der Waals surface area contributed by atoms with E-state index < -0.39 is 0 Å². The van der Waals surface area contributed by atoms with E-state index >= 15 is 0 Å². The van der Waals surface area contributed by atoms with E-state index in [0.29, 0.717) is 13.0 Å². The molecule has 1 saturated heterocycles. The molecule has 1 aromatic heterocycles. The Balaban J connectivity index is 1.91. The highest BCUT2D eigenvalue weighted by Gasteiger charge is 2.22. The topological polar surface area (TPSA) is 44.1 Å². The molecule has 0 aliphatic carbocycles. The number of aromatic nitrogens is 2. The van der Waals surface area contributed by atoms with Crippen molar-refractivity contribution in [1.82, 2.24) is 9.78 Å². The Kier molecular flexibility index (Phi) is 3.43. The van der Waals surface area contributed by atoms with Crippen LogP contribution in [0.1, 0.15) is 5.69 Å². The first-order chi connectivity index (χ1) is 7.25. The molecule has 0 amide bonds. The number of ketones is 1. The lowest BCUT2D eigenvalue weighted by Gasteiger charge is -2.20. The summed E-state index contributed by atoms with van der Waals surface area (Å²) < 4.78 is 7.12. The minimum absolute atomic E-state index is 0.140. The van der Waals surface area contributed by atoms with Crippen molar-refractivity contribution in [2.24, 2.45) is 7.05 Å². The molecule has 1 unspecified atom stereocenters. The summed E-state index contributed by atoms with van der Waals surface area (Å²) in [6.07, 6.45) is 2.00. The molecule has 0 bridgehead atoms. The molecule has 0 spiro atoms. The second-order valence-electron chi connectivity index (χ2n) is 3.56. The van der Waals surface area contributed by atoms with E-state index in [-0.39, 0.29) is 11.9 Å². The van der Waals surface area contributed by atoms with Crippen LogP contribution in [0.2, 0.25) is 0 Å². The molecular formula is C10H14N2O2S. The molecule has 0 radical (unpaired) electrons. The van der Waals surface area contributed by atoms with Gasteiger partial charge < -0.3 is 4.74 Å². The van der Waals surface area contributed by atoms with Crippen molar-refractivity contribution in [3.63, 3.8) is 0 Å². The Morgan fingerprint density at radius 2 is 2.67 bits per heavy atom. The third kappa shape index (κ3) is 2.82. The standard InChI is InChI=1S/C10H14N2O2S/c1-12-3-2-8(11-12)6-9(13)10-7-15-5-4-14-10/h2-3,10H,4-7H2,1H3. The summed E-state index contributed by atoms with van der Waals surface area (Å²) >= 11 is 1.78. The van der Waals surface area contributed by atoms with E-state index in [2.05, 4.69) is 5.10 Å². The Hall–Kier alpha value is -0.810. The molecule has 1 aliphatic rings. The van der Waals surface area contributed by atoms with Crippen molar-refractivity contribution in [3.8, 4) is 0 Å². The molecule has 0 aromatic carbocycles. The lowest BCUT2D eigenvalue weighted by atomic mass is 10.1. The second kappa shape index (κ2) is 4.81. The van der Waals surface area contributed by atoms with Gasteiger partial charge in [0, 0.05) is 24.8 Å². The number of nitrogens with zero attached hydrogens (tertiary/aromatic N) is 2. The number of hydrogen-bond acceptors (Lipinski definition) is 4. The molecule has 1 aliphatic heterocycles. The van der Waals surface area contributed by atoms with Gasteiger partial charge in [-0.1, -0.05) is 0 Å². The summed E-state index contributed by atoms with van der Waals surface area (Å²) in [6.45, 7) is 0.684. The summed E-state index contributed by atoms with van der Waals surface area (Å²) in [7, 11) is 1.85. The highest BCUT2D eigenvalue weighted by atomic mass is 32.2. The summed E-state index contributed by atoms with van der Waals surface area (Å²) in [6, 6.07) is 1.87. The van der Waals surface area contributed by atoms with Crippen molar-refractivity contribution in [3.05, 3.63) is 18.0 Å². The number of thioether (sulfide) groups is 1. The third-order valence-corrected chi connectivity index (χ3v) is 3.29. The van der Waals surface area contributed by atoms with Gasteiger partial charge >= 0.3 is 0 Å². The monoisotopic (exact) mass is 226 g/mol. The minimum Gasteiger partial charge on any atom is -0.369 e. The summed E-state index contributed by atoms with van der Waals surface area (Å²) in [5, 5.41) is 4.18. The average Bonchev–Trinajstić information content (AvgIpc) is 2.65. The first-order valence-corrected chi connectivity index (χ1v) is 6.12. The zero-order chi connectivity index (χ0) is 10.7. The van der Waals surface area contributed by atoms with Crippen LogP contribution in [-0.4, -0.2) is 39.8 Å². The predicted octanol–water partition coefficient (Wildman–Crippen LogP) is 0.664. The van der Waals surface area contributed by atoms with Gasteiger partial charge in [-0.05, 0) is 6.07 Å². The highest BCUT2D eigenvalue weighted by molar-refractivity contribution is 7.99. The van der Waals surface area contributed by atoms with Gasteiger partial charge in [0.05, 0.1) is 18.7 Å². The molecule has 2 rings (SSSR count). The van der Waals surface area contributed by atoms with Crippen LogP contribution in [0.4, 0.5) is 0 Å². The lowest BCUT2D eigenvalue weighted by molar-refractivity contribution is -0.128. The highest BCUT2D eigenvalue weighted by Crippen LogP contribution is 2.14. The van der Waals surface area contributed by atoms with Crippen molar-refractivity contribution < 1.29 is 9.53 Å². The van der Waals surface area contributed by atoms with Crippen LogP contribution in [0.15, 0.2) is 12.3 Å². The molecule has 15 heavy (non-hydrogen) atoms. The fraction of sp³-hybridized carbons (Fsp3) is 0.600. The quantitative estimate of drug-likeness (QED) is 0.759. The summed E-state index contributed by atoms with van der Waals surface area (Å²) in [4.78, 5) is 11.8. The van der Waals surface area contributed by atoms with Gasteiger partial charge in [0.15, 0.2) is 5.78 Å². The maximum Gasteiger partial charge on any atom is 0.168 e. The van der Waals surface area contributed by atoms with Crippen LogP contribution in [0.25, 0.3) is 0 Å². The molecular weight excluding hydrogens is 212 g/mol. The minimum atomic E-state index is -0.231. The maximum absolute atomic E-state index is 11.8. The van der Waals surface area contributed by atoms with E-state index in [1.807, 2.05) is 19.3 Å². The Morgan fingerprint density at radius 3 is 3.27 bits per heavy atom. The smallest absolute Gasteiger partial charge is 0.168 e. The van der Waals surface area contributed by atoms with E-state index in [1.165, 1.54) is 0 Å². The van der Waals surface area contributed by atoms with Crippen LogP contribution >= 0.6 is 11.8 Å². The largest absolute Gasteiger partial charge is 0.369 e. The fourth-order valence-electron chi connectivity index (χ4n) is 1.52. The van der Waals surface area contributed by atoms with Crippen LogP contribution in [0, 0.1) is 0 Å². The van der Waals surface area contributed by atoms with Gasteiger partial charge in [-0.25, -0.2) is 0 Å². The number of carbonyl (C=O) groups excluding carboxylic acids is 1. The zero-order valence-electron chi connectivity index (χ0n) is 8.68. The van der Waals surface area contributed by atoms with Crippen molar-refractivity contribution >= 4 is 17.5 Å². The first kappa shape index (κ1) is 10.7. The molecule has 2 heterocycles. The average molecular weight is 226 g/mol. The lowest BCUT2D eigenvalue weighted by Crippen LogP contribution is -2.32. The molecule has 1 aromatic rings. The fourth-order valence-corrected chi connectivity index (χ4v) is 2.40. The molecule has 1 atom stereocenters. The van der Waals surface area contributed by atoms with Crippen LogP contribution < -0.4 is 0 Å². The number of hydrogen-bond donors (Lipinski definition) is 0. The van der Waals surface area contributed by atoms with Crippen LogP contribution in [0.5, 0.6) is 0 Å². The number of Topliss-reactive ketones (excluding diaryl/α,β-unsaturated/α-hetero) is 1. The van der Waals surface area contributed by atoms with Crippen molar-refractivity contribution in [2.45, 2.75) is 12.5 Å². The molecule has 5 heteroatoms. The predicted molar refractivity (Wildman–Crippen MR) is 59.0 cm³/mol. The number of carbonyl (C=O) groups is 1. The van der Waals surface area contributed by atoms with E-state index in [0.717, 1.165) is 17.2 Å². The van der Waals surface area contributed by atoms with Crippen molar-refractivity contribution in [1.29, 1.82) is 0 Å². The van der Waals surface area contributed by atoms with Gasteiger partial charge in [-0.15, -0.1) is 0 Å². The first-order valence-electron chi connectivity index (χ1n) is 4.96. The van der Waals surface area contributed by atoms with Crippen molar-refractivity contribution in [2.75, 3.05) is 18.1 Å². The van der Waals surface area contributed by atoms with E-state index in [9.17, 15) is 4.79 Å². The van der Waals surface area contributed by atoms with Crippen LogP contribution in [-0.2, 0) is 23.0 Å². The number of rotatable bonds is 3. The Bertz CT molecular complexity index is 345. The number of aryl methyl sites for hydroxylation is 1. The van der Waals surface area contributed by atoms with Gasteiger partial charge in [0.25, 0.3) is 0 Å². The van der Waals surface area contributed by atoms with Gasteiger partial charge in [-0.3, -0.25) is 9.48 Å². The normalized spacial score (nSPS) is 21.5. The summed E-state index contributed by atoms with van der Waals surface area (Å²) in [5.41, 5.74) is 0.821. The molecule has 4 nitrogen and oxygen atoms in total. The molecule has 1 fully saturated rings. The zero-order valence-corrected chi connectivity index (χ0v) is 9.50. The Labute approximate surface area is 93.0 Å². The van der Waals surface area contributed by atoms with Gasteiger partial charge in [0.1, 0.15) is 6.10 Å². The molecule has 82 valence electrons. The third-order valence-electron chi connectivity index (χ3n) is 2.30. The van der Waals surface area contributed by atoms with Gasteiger partial charge in [-0.2, -0.15) is 16.9 Å². The Morgan fingerprint density at radius 1 is 1.80 bits per heavy atom. The van der Waals surface area contributed by atoms with Crippen LogP contribution in [0.3, 0.4) is 0 Å². The van der Waals surface area contributed by atoms with Gasteiger partial charge in [0.2, 0.25) is 0 Å². The molecule has 0 saturated carbocycles. The summed E-state index contributed by atoms with van der Waals surface area (Å²) in [5.74, 6) is 1.92. The number of ether oxygens (including phenoxy) is 1. The van der Waals surface area contributed by atoms with E-state index in [4.69, 9.17) is 4.74 Å². The SMILES string of the molecule is Cn1ccc(CC(=O)C2CSCCO2)n1.